The molecule has 4 rings (SSSR count). The Kier molecular flexibility index (Phi) is 9.52. The molecule has 0 aromatic heterocycles. The molecule has 3 atom stereocenters. The van der Waals surface area contributed by atoms with Crippen molar-refractivity contribution in [2.24, 2.45) is 5.92 Å². The number of anilines is 3. The van der Waals surface area contributed by atoms with Gasteiger partial charge in [-0.05, 0) is 62.0 Å². The van der Waals surface area contributed by atoms with Gasteiger partial charge < -0.3 is 30.7 Å². The number of fused-ring (bicyclic) bond motifs is 1. The molecule has 0 spiro atoms. The Balaban J connectivity index is 1.47. The van der Waals surface area contributed by atoms with Gasteiger partial charge in [-0.15, -0.1) is 0 Å². The Morgan fingerprint density at radius 2 is 1.83 bits per heavy atom. The lowest BCUT2D eigenvalue weighted by Crippen LogP contribution is -2.49. The molecule has 3 aromatic rings. The van der Waals surface area contributed by atoms with Crippen LogP contribution in [-0.4, -0.2) is 79.7 Å². The van der Waals surface area contributed by atoms with Crippen LogP contribution in [0, 0.1) is 5.92 Å². The predicted molar refractivity (Wildman–Crippen MR) is 164 cm³/mol. The third-order valence-electron chi connectivity index (χ3n) is 7.53. The molecule has 1 aliphatic rings. The van der Waals surface area contributed by atoms with Crippen molar-refractivity contribution in [3.8, 4) is 5.75 Å². The first-order valence-corrected chi connectivity index (χ1v) is 13.9. The quantitative estimate of drug-likeness (QED) is 0.341. The van der Waals surface area contributed by atoms with E-state index in [1.54, 1.807) is 17.0 Å². The summed E-state index contributed by atoms with van der Waals surface area (Å²) in [7, 11) is 5.90. The van der Waals surface area contributed by atoms with Crippen LogP contribution in [0.15, 0.2) is 66.7 Å². The van der Waals surface area contributed by atoms with E-state index in [2.05, 4.69) is 17.1 Å². The summed E-state index contributed by atoms with van der Waals surface area (Å²) in [5.74, 6) is 0.221. The topological polar surface area (TPSA) is 111 Å². The van der Waals surface area contributed by atoms with Crippen molar-refractivity contribution in [3.05, 3.63) is 83.4 Å². The minimum absolute atomic E-state index is 0.0218. The standard InChI is InChI=1S/C32H41N5O4/c1-21-17-37(22(2)20-38)32(40)26-16-25(35(3)4)14-15-29(26)41-30(21)19-36(5)18-23-10-12-24(13-11-23)31(39)34-28-9-7-6-8-27(28)33/h6-16,21-22,30,38H,17-20,33H2,1-5H3,(H,34,39)/t21-,22+,30-/m1/s1. The van der Waals surface area contributed by atoms with Crippen molar-refractivity contribution < 1.29 is 19.4 Å². The summed E-state index contributed by atoms with van der Waals surface area (Å²) in [6.07, 6.45) is -0.188. The molecule has 9 nitrogen and oxygen atoms in total. The molecule has 0 bridgehead atoms. The van der Waals surface area contributed by atoms with Crippen LogP contribution in [0.3, 0.4) is 0 Å². The Hall–Kier alpha value is -4.08. The number of carbonyl (C=O) groups is 2. The van der Waals surface area contributed by atoms with E-state index in [0.29, 0.717) is 47.9 Å². The van der Waals surface area contributed by atoms with Crippen molar-refractivity contribution in [1.29, 1.82) is 0 Å². The van der Waals surface area contributed by atoms with E-state index in [1.807, 2.05) is 87.6 Å². The molecule has 41 heavy (non-hydrogen) atoms. The number of ether oxygens (including phenoxy) is 1. The molecule has 3 aromatic carbocycles. The highest BCUT2D eigenvalue weighted by molar-refractivity contribution is 6.05. The molecule has 0 fully saturated rings. The average molecular weight is 560 g/mol. The Morgan fingerprint density at radius 3 is 2.49 bits per heavy atom. The molecule has 1 heterocycles. The lowest BCUT2D eigenvalue weighted by Gasteiger charge is -2.38. The monoisotopic (exact) mass is 559 g/mol. The average Bonchev–Trinajstić information content (AvgIpc) is 2.95. The van der Waals surface area contributed by atoms with Gasteiger partial charge in [0, 0.05) is 50.9 Å². The molecule has 2 amide bonds. The third kappa shape index (κ3) is 7.17. The maximum absolute atomic E-state index is 13.5. The highest BCUT2D eigenvalue weighted by Gasteiger charge is 2.33. The molecule has 9 heteroatoms. The third-order valence-corrected chi connectivity index (χ3v) is 7.53. The second-order valence-corrected chi connectivity index (χ2v) is 11.1. The number of hydrogen-bond acceptors (Lipinski definition) is 7. The first-order chi connectivity index (χ1) is 19.6. The molecular formula is C32H41N5O4. The number of carbonyl (C=O) groups excluding carboxylic acids is 2. The largest absolute Gasteiger partial charge is 0.488 e. The first kappa shape index (κ1) is 29.9. The Bertz CT molecular complexity index is 1360. The van der Waals surface area contributed by atoms with Gasteiger partial charge in [0.15, 0.2) is 0 Å². The molecule has 4 N–H and O–H groups in total. The highest BCUT2D eigenvalue weighted by Crippen LogP contribution is 2.31. The van der Waals surface area contributed by atoms with Gasteiger partial charge in [-0.1, -0.05) is 31.2 Å². The maximum Gasteiger partial charge on any atom is 0.258 e. The number of benzene rings is 3. The lowest BCUT2D eigenvalue weighted by atomic mass is 9.99. The summed E-state index contributed by atoms with van der Waals surface area (Å²) < 4.78 is 6.51. The van der Waals surface area contributed by atoms with Crippen molar-refractivity contribution in [1.82, 2.24) is 9.80 Å². The smallest absolute Gasteiger partial charge is 0.258 e. The molecule has 0 radical (unpaired) electrons. The number of nitrogens with one attached hydrogen (secondary N) is 1. The van der Waals surface area contributed by atoms with Crippen LogP contribution in [0.2, 0.25) is 0 Å². The van der Waals surface area contributed by atoms with Gasteiger partial charge in [0.25, 0.3) is 11.8 Å². The minimum Gasteiger partial charge on any atom is -0.488 e. The summed E-state index contributed by atoms with van der Waals surface area (Å²) in [6, 6.07) is 20.0. The highest BCUT2D eigenvalue weighted by atomic mass is 16.5. The Morgan fingerprint density at radius 1 is 1.12 bits per heavy atom. The van der Waals surface area contributed by atoms with Crippen molar-refractivity contribution in [3.63, 3.8) is 0 Å². The van der Waals surface area contributed by atoms with Crippen LogP contribution >= 0.6 is 0 Å². The van der Waals surface area contributed by atoms with Gasteiger partial charge >= 0.3 is 0 Å². The van der Waals surface area contributed by atoms with Crippen molar-refractivity contribution >= 4 is 28.9 Å². The number of nitrogens with zero attached hydrogens (tertiary/aromatic N) is 3. The number of amides is 2. The van der Waals surface area contributed by atoms with Gasteiger partial charge in [-0.3, -0.25) is 14.5 Å². The van der Waals surface area contributed by atoms with Crippen LogP contribution in [0.1, 0.15) is 40.1 Å². The summed E-state index contributed by atoms with van der Waals surface area (Å²) >= 11 is 0. The molecule has 1 aliphatic heterocycles. The van der Waals surface area contributed by atoms with Gasteiger partial charge in [-0.2, -0.15) is 0 Å². The molecule has 218 valence electrons. The summed E-state index contributed by atoms with van der Waals surface area (Å²) in [5, 5.41) is 12.7. The summed E-state index contributed by atoms with van der Waals surface area (Å²) in [4.78, 5) is 32.1. The van der Waals surface area contributed by atoms with Crippen LogP contribution < -0.4 is 20.7 Å². The molecule has 0 saturated carbocycles. The second kappa shape index (κ2) is 13.1. The van der Waals surface area contributed by atoms with E-state index in [4.69, 9.17) is 10.5 Å². The van der Waals surface area contributed by atoms with E-state index in [1.165, 1.54) is 0 Å². The zero-order valence-electron chi connectivity index (χ0n) is 24.5. The molecule has 0 saturated heterocycles. The van der Waals surface area contributed by atoms with Crippen LogP contribution in [-0.2, 0) is 6.54 Å². The molecule has 0 aliphatic carbocycles. The van der Waals surface area contributed by atoms with Crippen molar-refractivity contribution in [2.45, 2.75) is 32.5 Å². The number of nitrogen functional groups attached to an aromatic ring is 1. The number of rotatable bonds is 9. The van der Waals surface area contributed by atoms with Crippen LogP contribution in [0.4, 0.5) is 17.1 Å². The number of para-hydroxylation sites is 2. The normalized spacial score (nSPS) is 17.7. The van der Waals surface area contributed by atoms with E-state index < -0.39 is 0 Å². The van der Waals surface area contributed by atoms with Gasteiger partial charge in [0.2, 0.25) is 0 Å². The summed E-state index contributed by atoms with van der Waals surface area (Å²) in [5.41, 5.74) is 10.1. The summed E-state index contributed by atoms with van der Waals surface area (Å²) in [6.45, 7) is 5.58. The van der Waals surface area contributed by atoms with E-state index in [0.717, 1.165) is 11.3 Å². The SMILES string of the molecule is C[C@@H]1CN([C@@H](C)CO)C(=O)c2cc(N(C)C)ccc2O[C@@H]1CN(C)Cc1ccc(C(=O)Nc2ccccc2N)cc1. The minimum atomic E-state index is -0.314. The second-order valence-electron chi connectivity index (χ2n) is 11.1. The zero-order valence-corrected chi connectivity index (χ0v) is 24.5. The van der Waals surface area contributed by atoms with Gasteiger partial charge in [0.1, 0.15) is 11.9 Å². The van der Waals surface area contributed by atoms with Crippen molar-refractivity contribution in [2.75, 3.05) is 56.8 Å². The van der Waals surface area contributed by atoms with Crippen LogP contribution in [0.5, 0.6) is 5.75 Å². The molecular weight excluding hydrogens is 518 g/mol. The molecule has 0 unspecified atom stereocenters. The van der Waals surface area contributed by atoms with Gasteiger partial charge in [-0.25, -0.2) is 0 Å². The Labute approximate surface area is 242 Å². The van der Waals surface area contributed by atoms with E-state index in [-0.39, 0.29) is 36.5 Å². The number of aliphatic hydroxyl groups excluding tert-OH is 1. The maximum atomic E-state index is 13.5. The van der Waals surface area contributed by atoms with Crippen LogP contribution in [0.25, 0.3) is 0 Å². The zero-order chi connectivity index (χ0) is 29.7. The number of nitrogens with two attached hydrogens (primary N) is 1. The van der Waals surface area contributed by atoms with E-state index >= 15 is 0 Å². The predicted octanol–water partition coefficient (Wildman–Crippen LogP) is 3.94. The fraction of sp³-hybridized carbons (Fsp3) is 0.375. The fourth-order valence-electron chi connectivity index (χ4n) is 4.96. The number of hydrogen-bond donors (Lipinski definition) is 3. The number of likely N-dealkylation sites (N-methyl/N-ethyl adjacent to an activating group) is 1. The fourth-order valence-corrected chi connectivity index (χ4v) is 4.96. The lowest BCUT2D eigenvalue weighted by molar-refractivity contribution is 0.0341. The number of aliphatic hydroxyl groups is 1. The first-order valence-electron chi connectivity index (χ1n) is 13.9. The van der Waals surface area contributed by atoms with E-state index in [9.17, 15) is 14.7 Å². The van der Waals surface area contributed by atoms with Gasteiger partial charge in [0.05, 0.1) is 29.6 Å².